The molecule has 108 valence electrons. The molecule has 1 rings (SSSR count). The first-order valence-corrected chi connectivity index (χ1v) is 6.74. The summed E-state index contributed by atoms with van der Waals surface area (Å²) in [5.41, 5.74) is 9.44. The third kappa shape index (κ3) is 5.63. The summed E-state index contributed by atoms with van der Waals surface area (Å²) in [6, 6.07) is 7.26. The monoisotopic (exact) mass is 276 g/mol. The number of hydrogen-bond donors (Lipinski definition) is 1. The van der Waals surface area contributed by atoms with Gasteiger partial charge >= 0.3 is 5.97 Å². The van der Waals surface area contributed by atoms with Gasteiger partial charge < -0.3 is 10.1 Å². The van der Waals surface area contributed by atoms with Gasteiger partial charge in [0, 0.05) is 24.2 Å². The normalized spacial score (nSPS) is 9.65. The van der Waals surface area contributed by atoms with Gasteiger partial charge in [0.2, 0.25) is 0 Å². The van der Waals surface area contributed by atoms with Crippen molar-refractivity contribution < 1.29 is 9.53 Å². The maximum Gasteiger partial charge on any atom is 0.340 e. The van der Waals surface area contributed by atoms with Crippen molar-refractivity contribution >= 4 is 11.7 Å². The van der Waals surface area contributed by atoms with Gasteiger partial charge in [0.1, 0.15) is 0 Å². The van der Waals surface area contributed by atoms with Gasteiger partial charge in [-0.15, -0.1) is 0 Å². The number of nitrogens with one attached hydrogen (secondary N) is 1. The fourth-order valence-electron chi connectivity index (χ4n) is 1.80. The van der Waals surface area contributed by atoms with Crippen LogP contribution < -0.4 is 5.32 Å². The molecule has 6 heteroatoms. The number of esters is 1. The SMILES string of the molecule is CNc1ccccc1C(=O)OCCCCCCN=[N+]=[N-]. The lowest BCUT2D eigenvalue weighted by Crippen LogP contribution is -2.09. The smallest absolute Gasteiger partial charge is 0.340 e. The zero-order valence-electron chi connectivity index (χ0n) is 11.7. The molecule has 0 fully saturated rings. The Morgan fingerprint density at radius 2 is 2.05 bits per heavy atom. The summed E-state index contributed by atoms with van der Waals surface area (Å²) in [6.45, 7) is 0.949. The number of para-hydroxylation sites is 1. The van der Waals surface area contributed by atoms with E-state index in [1.54, 1.807) is 13.1 Å². The second kappa shape index (κ2) is 9.69. The van der Waals surface area contributed by atoms with Gasteiger partial charge in [-0.2, -0.15) is 0 Å². The van der Waals surface area contributed by atoms with Crippen LogP contribution in [0.25, 0.3) is 10.4 Å². The molecule has 0 heterocycles. The molecule has 0 aliphatic heterocycles. The van der Waals surface area contributed by atoms with Gasteiger partial charge in [0.05, 0.1) is 12.2 Å². The highest BCUT2D eigenvalue weighted by atomic mass is 16.5. The van der Waals surface area contributed by atoms with Crippen molar-refractivity contribution in [1.82, 2.24) is 0 Å². The van der Waals surface area contributed by atoms with Crippen LogP contribution in [-0.2, 0) is 4.74 Å². The van der Waals surface area contributed by atoms with Crippen LogP contribution in [0.1, 0.15) is 36.0 Å². The first kappa shape index (κ1) is 15.9. The Labute approximate surface area is 118 Å². The highest BCUT2D eigenvalue weighted by molar-refractivity contribution is 5.95. The average molecular weight is 276 g/mol. The van der Waals surface area contributed by atoms with E-state index in [2.05, 4.69) is 15.3 Å². The van der Waals surface area contributed by atoms with E-state index in [9.17, 15) is 4.79 Å². The first-order chi connectivity index (χ1) is 9.79. The molecule has 0 radical (unpaired) electrons. The molecule has 0 amide bonds. The number of carbonyl (C=O) groups excluding carboxylic acids is 1. The van der Waals surface area contributed by atoms with Gasteiger partial charge in [0.15, 0.2) is 0 Å². The summed E-state index contributed by atoms with van der Waals surface area (Å²) in [4.78, 5) is 14.6. The van der Waals surface area contributed by atoms with Gasteiger partial charge in [-0.05, 0) is 30.5 Å². The van der Waals surface area contributed by atoms with E-state index >= 15 is 0 Å². The van der Waals surface area contributed by atoms with E-state index < -0.39 is 0 Å². The Morgan fingerprint density at radius 3 is 2.80 bits per heavy atom. The lowest BCUT2D eigenvalue weighted by atomic mass is 10.2. The summed E-state index contributed by atoms with van der Waals surface area (Å²) in [5, 5.41) is 6.43. The molecule has 0 atom stereocenters. The molecule has 0 unspecified atom stereocenters. The molecule has 0 aliphatic carbocycles. The topological polar surface area (TPSA) is 87.1 Å². The Balaban J connectivity index is 2.21. The minimum absolute atomic E-state index is 0.302. The minimum Gasteiger partial charge on any atom is -0.462 e. The van der Waals surface area contributed by atoms with Crippen LogP contribution in [0.3, 0.4) is 0 Å². The Kier molecular flexibility index (Phi) is 7.69. The van der Waals surface area contributed by atoms with Crippen molar-refractivity contribution in [2.45, 2.75) is 25.7 Å². The summed E-state index contributed by atoms with van der Waals surface area (Å²) >= 11 is 0. The molecule has 1 aromatic carbocycles. The Morgan fingerprint density at radius 1 is 1.30 bits per heavy atom. The Hall–Kier alpha value is -2.20. The van der Waals surface area contributed by atoms with Crippen molar-refractivity contribution in [3.8, 4) is 0 Å². The fraction of sp³-hybridized carbons (Fsp3) is 0.500. The molecule has 0 saturated heterocycles. The quantitative estimate of drug-likeness (QED) is 0.245. The van der Waals surface area contributed by atoms with Crippen LogP contribution in [0.2, 0.25) is 0 Å². The van der Waals surface area contributed by atoms with Crippen LogP contribution >= 0.6 is 0 Å². The van der Waals surface area contributed by atoms with E-state index in [1.807, 2.05) is 18.2 Å². The van der Waals surface area contributed by atoms with E-state index in [1.165, 1.54) is 0 Å². The van der Waals surface area contributed by atoms with Crippen molar-refractivity contribution in [3.05, 3.63) is 40.3 Å². The van der Waals surface area contributed by atoms with E-state index in [-0.39, 0.29) is 5.97 Å². The number of carbonyl (C=O) groups is 1. The Bertz CT molecular complexity index is 470. The van der Waals surface area contributed by atoms with Crippen molar-refractivity contribution in [1.29, 1.82) is 0 Å². The number of hydrogen-bond acceptors (Lipinski definition) is 4. The summed E-state index contributed by atoms with van der Waals surface area (Å²) in [7, 11) is 1.77. The lowest BCUT2D eigenvalue weighted by Gasteiger charge is -2.08. The zero-order chi connectivity index (χ0) is 14.6. The molecule has 0 spiro atoms. The van der Waals surface area contributed by atoms with Gasteiger partial charge in [-0.1, -0.05) is 30.1 Å². The van der Waals surface area contributed by atoms with E-state index in [0.717, 1.165) is 31.4 Å². The maximum absolute atomic E-state index is 11.9. The fourth-order valence-corrected chi connectivity index (χ4v) is 1.80. The highest BCUT2D eigenvalue weighted by Gasteiger charge is 2.10. The number of azide groups is 1. The average Bonchev–Trinajstić information content (AvgIpc) is 2.49. The standard InChI is InChI=1S/C14H20N4O2/c1-16-13-9-5-4-8-12(13)14(19)20-11-7-3-2-6-10-17-18-15/h4-5,8-9,16H,2-3,6-7,10-11H2,1H3. The van der Waals surface area contributed by atoms with Gasteiger partial charge in [0.25, 0.3) is 0 Å². The number of nitrogens with zero attached hydrogens (tertiary/aromatic N) is 3. The molecule has 20 heavy (non-hydrogen) atoms. The summed E-state index contributed by atoms with van der Waals surface area (Å²) in [6.07, 6.45) is 3.63. The zero-order valence-corrected chi connectivity index (χ0v) is 11.7. The predicted octanol–water partition coefficient (Wildman–Crippen LogP) is 3.76. The molecule has 0 saturated carbocycles. The number of rotatable bonds is 9. The number of anilines is 1. The van der Waals surface area contributed by atoms with Crippen molar-refractivity contribution in [2.24, 2.45) is 5.11 Å². The predicted molar refractivity (Wildman–Crippen MR) is 78.8 cm³/mol. The van der Waals surface area contributed by atoms with Crippen molar-refractivity contribution in [2.75, 3.05) is 25.5 Å². The van der Waals surface area contributed by atoms with Crippen LogP contribution in [0.5, 0.6) is 0 Å². The number of benzene rings is 1. The molecule has 1 N–H and O–H groups in total. The van der Waals surface area contributed by atoms with Crippen molar-refractivity contribution in [3.63, 3.8) is 0 Å². The van der Waals surface area contributed by atoms with Crippen LogP contribution in [0.15, 0.2) is 29.4 Å². The molecule has 1 aromatic rings. The van der Waals surface area contributed by atoms with Crippen LogP contribution in [0, 0.1) is 0 Å². The molecule has 0 aromatic heterocycles. The largest absolute Gasteiger partial charge is 0.462 e. The summed E-state index contributed by atoms with van der Waals surface area (Å²) in [5.74, 6) is -0.302. The maximum atomic E-state index is 11.9. The second-order valence-electron chi connectivity index (χ2n) is 4.30. The number of unbranched alkanes of at least 4 members (excludes halogenated alkanes) is 3. The van der Waals surface area contributed by atoms with E-state index in [4.69, 9.17) is 10.3 Å². The highest BCUT2D eigenvalue weighted by Crippen LogP contribution is 2.15. The molecular weight excluding hydrogens is 256 g/mol. The molecular formula is C14H20N4O2. The first-order valence-electron chi connectivity index (χ1n) is 6.74. The third-order valence-electron chi connectivity index (χ3n) is 2.87. The summed E-state index contributed by atoms with van der Waals surface area (Å²) < 4.78 is 5.24. The van der Waals surface area contributed by atoms with Crippen LogP contribution in [-0.4, -0.2) is 26.2 Å². The van der Waals surface area contributed by atoms with E-state index in [0.29, 0.717) is 18.7 Å². The third-order valence-corrected chi connectivity index (χ3v) is 2.87. The molecule has 0 bridgehead atoms. The lowest BCUT2D eigenvalue weighted by molar-refractivity contribution is 0.0499. The van der Waals surface area contributed by atoms with Gasteiger partial charge in [-0.25, -0.2) is 4.79 Å². The molecule has 0 aliphatic rings. The second-order valence-corrected chi connectivity index (χ2v) is 4.30. The van der Waals surface area contributed by atoms with Gasteiger partial charge in [-0.3, -0.25) is 0 Å². The number of ether oxygens (including phenoxy) is 1. The minimum atomic E-state index is -0.302. The molecule has 6 nitrogen and oxygen atoms in total. The van der Waals surface area contributed by atoms with Crippen LogP contribution in [0.4, 0.5) is 5.69 Å².